The van der Waals surface area contributed by atoms with Crippen LogP contribution in [-0.2, 0) is 19.1 Å². The van der Waals surface area contributed by atoms with Crippen molar-refractivity contribution < 1.29 is 19.1 Å². The van der Waals surface area contributed by atoms with Gasteiger partial charge >= 0.3 is 5.97 Å². The minimum atomic E-state index is -0.577. The van der Waals surface area contributed by atoms with Crippen LogP contribution < -0.4 is 10.6 Å². The van der Waals surface area contributed by atoms with E-state index in [-0.39, 0.29) is 18.1 Å². The predicted octanol–water partition coefficient (Wildman–Crippen LogP) is 2.74. The Labute approximate surface area is 163 Å². The van der Waals surface area contributed by atoms with Gasteiger partial charge in [0.1, 0.15) is 11.8 Å². The van der Waals surface area contributed by atoms with Crippen LogP contribution in [0.25, 0.3) is 0 Å². The van der Waals surface area contributed by atoms with E-state index in [0.717, 1.165) is 19.5 Å². The Morgan fingerprint density at radius 1 is 1.15 bits per heavy atom. The third kappa shape index (κ3) is 7.99. The average molecular weight is 381 g/mol. The van der Waals surface area contributed by atoms with Crippen LogP contribution in [0.3, 0.4) is 0 Å². The highest BCUT2D eigenvalue weighted by atomic mass is 16.5. The molecule has 6 nitrogen and oxygen atoms in total. The summed E-state index contributed by atoms with van der Waals surface area (Å²) in [5, 5.41) is 6.03. The Morgan fingerprint density at radius 2 is 1.93 bits per heavy atom. The van der Waals surface area contributed by atoms with Crippen molar-refractivity contribution in [3.63, 3.8) is 0 Å². The first kappa shape index (κ1) is 21.9. The summed E-state index contributed by atoms with van der Waals surface area (Å²) in [7, 11) is 0. The van der Waals surface area contributed by atoms with Crippen LogP contribution in [0, 0.1) is 11.8 Å². The number of hydrogen-bond donors (Lipinski definition) is 2. The van der Waals surface area contributed by atoms with E-state index in [1.807, 2.05) is 0 Å². The normalized spacial score (nSPS) is 21.7. The van der Waals surface area contributed by atoms with Crippen molar-refractivity contribution in [1.82, 2.24) is 10.6 Å². The molecular formula is C21H36N2O4. The lowest BCUT2D eigenvalue weighted by atomic mass is 9.78. The molecule has 0 aromatic rings. The number of amides is 1. The van der Waals surface area contributed by atoms with Gasteiger partial charge in [-0.25, -0.2) is 4.79 Å². The number of carbonyl (C=O) groups excluding carboxylic acids is 3. The monoisotopic (exact) mass is 380 g/mol. The standard InChI is InChI=1S/C21H36N2O4/c1-2-3-4-5-6-16(17-9-12-22-13-10-17)7-8-18(24)15-20(25)23-19-11-14-27-21(19)26/h16-17,19,22H,2-15H2,1H3,(H,23,25)/t16-,19-/m0/s1. The zero-order valence-electron chi connectivity index (χ0n) is 16.8. The molecule has 0 aromatic heterocycles. The topological polar surface area (TPSA) is 84.5 Å². The molecule has 6 heteroatoms. The number of ether oxygens (including phenoxy) is 1. The summed E-state index contributed by atoms with van der Waals surface area (Å²) in [6, 6.07) is -0.577. The van der Waals surface area contributed by atoms with Gasteiger partial charge in [-0.3, -0.25) is 9.59 Å². The fourth-order valence-corrected chi connectivity index (χ4v) is 4.25. The smallest absolute Gasteiger partial charge is 0.328 e. The Balaban J connectivity index is 1.73. The third-order valence-electron chi connectivity index (χ3n) is 5.90. The van der Waals surface area contributed by atoms with E-state index in [1.54, 1.807) is 0 Å². The van der Waals surface area contributed by atoms with Crippen molar-refractivity contribution in [2.24, 2.45) is 11.8 Å². The maximum Gasteiger partial charge on any atom is 0.328 e. The molecule has 2 aliphatic heterocycles. The van der Waals surface area contributed by atoms with Gasteiger partial charge in [0.2, 0.25) is 5.91 Å². The molecule has 27 heavy (non-hydrogen) atoms. The zero-order valence-corrected chi connectivity index (χ0v) is 16.8. The summed E-state index contributed by atoms with van der Waals surface area (Å²) < 4.78 is 4.83. The molecule has 0 spiro atoms. The molecule has 2 aliphatic rings. The SMILES string of the molecule is CCCCCC[C@@H](CCC(=O)CC(=O)N[C@H]1CCOC1=O)C1CCNCC1. The van der Waals surface area contributed by atoms with Crippen LogP contribution in [-0.4, -0.2) is 43.4 Å². The van der Waals surface area contributed by atoms with Crippen molar-refractivity contribution in [1.29, 1.82) is 0 Å². The van der Waals surface area contributed by atoms with Gasteiger partial charge in [-0.2, -0.15) is 0 Å². The van der Waals surface area contributed by atoms with E-state index in [4.69, 9.17) is 4.74 Å². The highest BCUT2D eigenvalue weighted by Gasteiger charge is 2.29. The van der Waals surface area contributed by atoms with Crippen LogP contribution in [0.15, 0.2) is 0 Å². The van der Waals surface area contributed by atoms with Gasteiger partial charge < -0.3 is 15.4 Å². The van der Waals surface area contributed by atoms with E-state index in [2.05, 4.69) is 17.6 Å². The zero-order chi connectivity index (χ0) is 19.5. The molecule has 1 amide bonds. The van der Waals surface area contributed by atoms with Crippen LogP contribution in [0.1, 0.15) is 77.6 Å². The number of rotatable bonds is 12. The maximum atomic E-state index is 12.3. The van der Waals surface area contributed by atoms with E-state index >= 15 is 0 Å². The van der Waals surface area contributed by atoms with Crippen molar-refractivity contribution >= 4 is 17.7 Å². The first-order valence-corrected chi connectivity index (χ1v) is 10.8. The lowest BCUT2D eigenvalue weighted by Gasteiger charge is -2.31. The average Bonchev–Trinajstić information content (AvgIpc) is 3.06. The van der Waals surface area contributed by atoms with Crippen molar-refractivity contribution in [2.75, 3.05) is 19.7 Å². The molecule has 2 N–H and O–H groups in total. The Hall–Kier alpha value is -1.43. The molecule has 0 saturated carbocycles. The molecule has 154 valence electrons. The summed E-state index contributed by atoms with van der Waals surface area (Å²) in [4.78, 5) is 35.7. The molecule has 0 unspecified atom stereocenters. The van der Waals surface area contributed by atoms with Gasteiger partial charge in [-0.15, -0.1) is 0 Å². The summed E-state index contributed by atoms with van der Waals surface area (Å²) in [5.74, 6) is 0.508. The van der Waals surface area contributed by atoms with E-state index in [0.29, 0.717) is 31.3 Å². The molecule has 0 radical (unpaired) electrons. The predicted molar refractivity (Wildman–Crippen MR) is 104 cm³/mol. The quantitative estimate of drug-likeness (QED) is 0.309. The van der Waals surface area contributed by atoms with Gasteiger partial charge in [0.05, 0.1) is 13.0 Å². The van der Waals surface area contributed by atoms with Crippen LogP contribution in [0.5, 0.6) is 0 Å². The van der Waals surface area contributed by atoms with Gasteiger partial charge in [-0.05, 0) is 44.2 Å². The second-order valence-electron chi connectivity index (χ2n) is 8.03. The first-order chi connectivity index (χ1) is 13.1. The Bertz CT molecular complexity index is 489. The highest BCUT2D eigenvalue weighted by Crippen LogP contribution is 2.30. The second kappa shape index (κ2) is 12.1. The molecule has 2 saturated heterocycles. The number of piperidine rings is 1. The highest BCUT2D eigenvalue weighted by molar-refractivity contribution is 5.99. The van der Waals surface area contributed by atoms with E-state index in [9.17, 15) is 14.4 Å². The Morgan fingerprint density at radius 3 is 2.59 bits per heavy atom. The van der Waals surface area contributed by atoms with Gasteiger partial charge in [-0.1, -0.05) is 39.0 Å². The minimum absolute atomic E-state index is 0.0219. The van der Waals surface area contributed by atoms with Crippen molar-refractivity contribution in [3.05, 3.63) is 0 Å². The molecule has 0 bridgehead atoms. The van der Waals surface area contributed by atoms with Gasteiger partial charge in [0.25, 0.3) is 0 Å². The van der Waals surface area contributed by atoms with E-state index in [1.165, 1.54) is 44.9 Å². The lowest BCUT2D eigenvalue weighted by Crippen LogP contribution is -2.38. The summed E-state index contributed by atoms with van der Waals surface area (Å²) in [6.07, 6.45) is 10.3. The number of nitrogens with one attached hydrogen (secondary N) is 2. The van der Waals surface area contributed by atoms with Gasteiger partial charge in [0.15, 0.2) is 0 Å². The molecule has 0 aliphatic carbocycles. The van der Waals surface area contributed by atoms with Gasteiger partial charge in [0, 0.05) is 12.8 Å². The van der Waals surface area contributed by atoms with Crippen LogP contribution in [0.2, 0.25) is 0 Å². The number of hydrogen-bond acceptors (Lipinski definition) is 5. The number of ketones is 1. The first-order valence-electron chi connectivity index (χ1n) is 10.8. The third-order valence-corrected chi connectivity index (χ3v) is 5.90. The molecule has 2 rings (SSSR count). The second-order valence-corrected chi connectivity index (χ2v) is 8.03. The summed E-state index contributed by atoms with van der Waals surface area (Å²) >= 11 is 0. The van der Waals surface area contributed by atoms with E-state index < -0.39 is 12.0 Å². The van der Waals surface area contributed by atoms with Crippen LogP contribution in [0.4, 0.5) is 0 Å². The fourth-order valence-electron chi connectivity index (χ4n) is 4.25. The maximum absolute atomic E-state index is 12.3. The molecule has 2 fully saturated rings. The van der Waals surface area contributed by atoms with Crippen molar-refractivity contribution in [3.8, 4) is 0 Å². The molecule has 2 atom stereocenters. The number of Topliss-reactive ketones (excluding diaryl/α,β-unsaturated/α-hetero) is 1. The van der Waals surface area contributed by atoms with Crippen LogP contribution >= 0.6 is 0 Å². The molecule has 0 aromatic carbocycles. The largest absolute Gasteiger partial charge is 0.464 e. The number of unbranched alkanes of at least 4 members (excludes halogenated alkanes) is 3. The fraction of sp³-hybridized carbons (Fsp3) is 0.857. The number of carbonyl (C=O) groups is 3. The molecule has 2 heterocycles. The summed E-state index contributed by atoms with van der Waals surface area (Å²) in [6.45, 7) is 4.71. The summed E-state index contributed by atoms with van der Waals surface area (Å²) in [5.41, 5.74) is 0. The lowest BCUT2D eigenvalue weighted by molar-refractivity contribution is -0.142. The Kier molecular flexibility index (Phi) is 9.81. The minimum Gasteiger partial charge on any atom is -0.464 e. The van der Waals surface area contributed by atoms with Crippen molar-refractivity contribution in [2.45, 2.75) is 83.6 Å². The molecular weight excluding hydrogens is 344 g/mol. The number of esters is 1. The number of cyclic esters (lactones) is 1.